The van der Waals surface area contributed by atoms with Gasteiger partial charge in [-0.05, 0) is 12.1 Å². The van der Waals surface area contributed by atoms with Gasteiger partial charge in [-0.1, -0.05) is 0 Å². The van der Waals surface area contributed by atoms with Crippen LogP contribution in [-0.4, -0.2) is 17.7 Å². The topological polar surface area (TPSA) is 88.4 Å². The fraction of sp³-hybridized carbons (Fsp3) is 0.300. The minimum absolute atomic E-state index is 0.117. The van der Waals surface area contributed by atoms with Crippen LogP contribution in [0.3, 0.4) is 0 Å². The second-order valence-electron chi connectivity index (χ2n) is 3.19. The standard InChI is InChI=1S/C10H12N2O4/c1-6(13)9-4-3-8(16-9)5-11-10(15)12-7(2)14/h3-4H,5H2,1-2H3,(H2,11,12,14,15). The van der Waals surface area contributed by atoms with Crippen LogP contribution in [0.5, 0.6) is 0 Å². The van der Waals surface area contributed by atoms with E-state index in [0.717, 1.165) is 0 Å². The summed E-state index contributed by atoms with van der Waals surface area (Å²) in [5, 5.41) is 4.45. The third kappa shape index (κ3) is 3.56. The minimum atomic E-state index is -0.603. The van der Waals surface area contributed by atoms with Crippen molar-refractivity contribution in [2.75, 3.05) is 0 Å². The van der Waals surface area contributed by atoms with Crippen molar-refractivity contribution in [1.29, 1.82) is 0 Å². The number of hydrogen-bond donors (Lipinski definition) is 2. The van der Waals surface area contributed by atoms with Gasteiger partial charge in [0.25, 0.3) is 0 Å². The minimum Gasteiger partial charge on any atom is -0.456 e. The summed E-state index contributed by atoms with van der Waals surface area (Å²) >= 11 is 0. The van der Waals surface area contributed by atoms with Crippen molar-refractivity contribution >= 4 is 17.7 Å². The molecular formula is C10H12N2O4. The van der Waals surface area contributed by atoms with Crippen molar-refractivity contribution in [3.8, 4) is 0 Å². The lowest BCUT2D eigenvalue weighted by atomic mass is 10.3. The molecule has 2 N–H and O–H groups in total. The van der Waals surface area contributed by atoms with Gasteiger partial charge in [0, 0.05) is 13.8 Å². The number of carbonyl (C=O) groups is 3. The van der Waals surface area contributed by atoms with Crippen LogP contribution in [0, 0.1) is 0 Å². The number of Topliss-reactive ketones (excluding diaryl/α,β-unsaturated/α-hetero) is 1. The number of amides is 3. The van der Waals surface area contributed by atoms with Crippen LogP contribution in [0.4, 0.5) is 4.79 Å². The van der Waals surface area contributed by atoms with E-state index in [2.05, 4.69) is 5.32 Å². The lowest BCUT2D eigenvalue weighted by molar-refractivity contribution is -0.117. The molecule has 6 nitrogen and oxygen atoms in total. The van der Waals surface area contributed by atoms with Crippen LogP contribution in [0.25, 0.3) is 0 Å². The molecule has 0 saturated heterocycles. The molecule has 3 amide bonds. The molecule has 0 radical (unpaired) electrons. The number of urea groups is 1. The van der Waals surface area contributed by atoms with Gasteiger partial charge in [0.15, 0.2) is 11.5 Å². The summed E-state index contributed by atoms with van der Waals surface area (Å²) in [4.78, 5) is 32.4. The van der Waals surface area contributed by atoms with Gasteiger partial charge < -0.3 is 9.73 Å². The quantitative estimate of drug-likeness (QED) is 0.744. The Hall–Kier alpha value is -2.11. The zero-order valence-electron chi connectivity index (χ0n) is 8.99. The van der Waals surface area contributed by atoms with E-state index in [0.29, 0.717) is 5.76 Å². The highest BCUT2D eigenvalue weighted by Crippen LogP contribution is 2.07. The molecule has 0 aromatic carbocycles. The molecule has 0 aliphatic rings. The number of furan rings is 1. The van der Waals surface area contributed by atoms with Gasteiger partial charge in [-0.15, -0.1) is 0 Å². The summed E-state index contributed by atoms with van der Waals surface area (Å²) in [6.07, 6.45) is 0. The molecule has 1 heterocycles. The first-order valence-electron chi connectivity index (χ1n) is 4.64. The largest absolute Gasteiger partial charge is 0.456 e. The third-order valence-electron chi connectivity index (χ3n) is 1.72. The Bertz CT molecular complexity index is 422. The zero-order valence-corrected chi connectivity index (χ0v) is 8.99. The van der Waals surface area contributed by atoms with Crippen molar-refractivity contribution in [2.24, 2.45) is 0 Å². The van der Waals surface area contributed by atoms with Crippen molar-refractivity contribution in [3.63, 3.8) is 0 Å². The van der Waals surface area contributed by atoms with E-state index in [4.69, 9.17) is 4.42 Å². The predicted octanol–water partition coefficient (Wildman–Crippen LogP) is 0.828. The smallest absolute Gasteiger partial charge is 0.321 e. The summed E-state index contributed by atoms with van der Waals surface area (Å²) in [5.41, 5.74) is 0. The summed E-state index contributed by atoms with van der Waals surface area (Å²) in [6.45, 7) is 2.74. The third-order valence-corrected chi connectivity index (χ3v) is 1.72. The van der Waals surface area contributed by atoms with E-state index in [1.165, 1.54) is 19.9 Å². The van der Waals surface area contributed by atoms with Crippen LogP contribution in [0.2, 0.25) is 0 Å². The highest BCUT2D eigenvalue weighted by Gasteiger charge is 2.07. The molecule has 0 saturated carbocycles. The zero-order chi connectivity index (χ0) is 12.1. The maximum atomic E-state index is 11.0. The molecule has 0 unspecified atom stereocenters. The van der Waals surface area contributed by atoms with Gasteiger partial charge in [-0.2, -0.15) is 0 Å². The predicted molar refractivity (Wildman–Crippen MR) is 54.8 cm³/mol. The van der Waals surface area contributed by atoms with Crippen LogP contribution >= 0.6 is 0 Å². The second-order valence-corrected chi connectivity index (χ2v) is 3.19. The molecule has 0 atom stereocenters. The van der Waals surface area contributed by atoms with E-state index < -0.39 is 11.9 Å². The maximum Gasteiger partial charge on any atom is 0.321 e. The van der Waals surface area contributed by atoms with E-state index in [1.807, 2.05) is 5.32 Å². The Morgan fingerprint density at radius 3 is 2.44 bits per heavy atom. The normalized spacial score (nSPS) is 9.62. The van der Waals surface area contributed by atoms with Crippen molar-refractivity contribution < 1.29 is 18.8 Å². The number of imide groups is 1. The molecule has 0 spiro atoms. The molecule has 0 aliphatic carbocycles. The van der Waals surface area contributed by atoms with E-state index in [1.54, 1.807) is 6.07 Å². The Balaban J connectivity index is 2.45. The highest BCUT2D eigenvalue weighted by atomic mass is 16.3. The first kappa shape index (κ1) is 12.0. The summed E-state index contributed by atoms with van der Waals surface area (Å²) < 4.78 is 5.12. The van der Waals surface area contributed by atoms with Gasteiger partial charge in [0.2, 0.25) is 5.91 Å². The fourth-order valence-electron chi connectivity index (χ4n) is 1.03. The first-order chi connectivity index (χ1) is 7.49. The lowest BCUT2D eigenvalue weighted by Crippen LogP contribution is -2.37. The van der Waals surface area contributed by atoms with Gasteiger partial charge in [0.1, 0.15) is 5.76 Å². The van der Waals surface area contributed by atoms with Crippen molar-refractivity contribution in [2.45, 2.75) is 20.4 Å². The molecule has 0 fully saturated rings. The Morgan fingerprint density at radius 1 is 1.25 bits per heavy atom. The second kappa shape index (κ2) is 5.11. The number of hydrogen-bond acceptors (Lipinski definition) is 4. The van der Waals surface area contributed by atoms with Crippen molar-refractivity contribution in [3.05, 3.63) is 23.7 Å². The Morgan fingerprint density at radius 2 is 1.94 bits per heavy atom. The summed E-state index contributed by atoms with van der Waals surface area (Å²) in [5.74, 6) is 0.0634. The lowest BCUT2D eigenvalue weighted by Gasteiger charge is -2.02. The average molecular weight is 224 g/mol. The fourth-order valence-corrected chi connectivity index (χ4v) is 1.03. The van der Waals surface area contributed by atoms with Gasteiger partial charge >= 0.3 is 6.03 Å². The van der Waals surface area contributed by atoms with Crippen LogP contribution in [-0.2, 0) is 11.3 Å². The average Bonchev–Trinajstić information content (AvgIpc) is 2.61. The van der Waals surface area contributed by atoms with Gasteiger partial charge in [0.05, 0.1) is 6.54 Å². The maximum absolute atomic E-state index is 11.0. The van der Waals surface area contributed by atoms with Gasteiger partial charge in [-0.25, -0.2) is 4.79 Å². The van der Waals surface area contributed by atoms with Gasteiger partial charge in [-0.3, -0.25) is 14.9 Å². The molecular weight excluding hydrogens is 212 g/mol. The number of ketones is 1. The van der Waals surface area contributed by atoms with Crippen LogP contribution in [0.1, 0.15) is 30.2 Å². The molecule has 0 aliphatic heterocycles. The Labute approximate surface area is 92.0 Å². The monoisotopic (exact) mass is 224 g/mol. The molecule has 0 bridgehead atoms. The van der Waals surface area contributed by atoms with E-state index >= 15 is 0 Å². The van der Waals surface area contributed by atoms with Crippen LogP contribution in [0.15, 0.2) is 16.5 Å². The molecule has 16 heavy (non-hydrogen) atoms. The molecule has 6 heteroatoms. The molecule has 1 aromatic rings. The molecule has 86 valence electrons. The highest BCUT2D eigenvalue weighted by molar-refractivity contribution is 5.93. The van der Waals surface area contributed by atoms with E-state index in [9.17, 15) is 14.4 Å². The molecule has 1 rings (SSSR count). The first-order valence-corrected chi connectivity index (χ1v) is 4.64. The SMILES string of the molecule is CC(=O)NC(=O)NCc1ccc(C(C)=O)o1. The molecule has 1 aromatic heterocycles. The van der Waals surface area contributed by atoms with Crippen molar-refractivity contribution in [1.82, 2.24) is 10.6 Å². The summed E-state index contributed by atoms with van der Waals surface area (Å²) in [6, 6.07) is 2.51. The number of nitrogens with one attached hydrogen (secondary N) is 2. The number of carbonyl (C=O) groups excluding carboxylic acids is 3. The van der Waals surface area contributed by atoms with Crippen LogP contribution < -0.4 is 10.6 Å². The number of rotatable bonds is 3. The summed E-state index contributed by atoms with van der Waals surface area (Å²) in [7, 11) is 0. The Kier molecular flexibility index (Phi) is 3.82. The van der Waals surface area contributed by atoms with E-state index in [-0.39, 0.29) is 18.1 Å².